The fraction of sp³-hybridized carbons (Fsp3) is 0.500. The summed E-state index contributed by atoms with van der Waals surface area (Å²) in [5.41, 5.74) is 0.858. The highest BCUT2D eigenvalue weighted by atomic mass is 16.2. The zero-order valence-corrected chi connectivity index (χ0v) is 12.3. The Morgan fingerprint density at radius 1 is 1.30 bits per heavy atom. The predicted octanol–water partition coefficient (Wildman–Crippen LogP) is 2.34. The standard InChI is InChI=1S/C16H22N2O2/c1-16(2,3)10-14(19)17-12-9-15(20)18(11-12)13-7-5-4-6-8-13/h4-8,12H,9-11H2,1-3H3,(H,17,19)/t12-/m0/s1. The normalized spacial score (nSPS) is 19.2. The Labute approximate surface area is 120 Å². The van der Waals surface area contributed by atoms with Gasteiger partial charge in [-0.1, -0.05) is 39.0 Å². The quantitative estimate of drug-likeness (QED) is 0.919. The Bertz CT molecular complexity index is 491. The fourth-order valence-corrected chi connectivity index (χ4v) is 2.42. The first-order chi connectivity index (χ1) is 9.35. The van der Waals surface area contributed by atoms with Gasteiger partial charge in [0.2, 0.25) is 11.8 Å². The van der Waals surface area contributed by atoms with Gasteiger partial charge in [-0.3, -0.25) is 9.59 Å². The minimum atomic E-state index is -0.0856. The molecular weight excluding hydrogens is 252 g/mol. The van der Waals surface area contributed by atoms with E-state index in [9.17, 15) is 9.59 Å². The number of hydrogen-bond acceptors (Lipinski definition) is 2. The van der Waals surface area contributed by atoms with E-state index in [4.69, 9.17) is 0 Å². The summed E-state index contributed by atoms with van der Waals surface area (Å²) < 4.78 is 0. The van der Waals surface area contributed by atoms with Crippen LogP contribution in [0.3, 0.4) is 0 Å². The van der Waals surface area contributed by atoms with Crippen LogP contribution in [0.15, 0.2) is 30.3 Å². The van der Waals surface area contributed by atoms with E-state index in [-0.39, 0.29) is 23.3 Å². The average Bonchev–Trinajstić information content (AvgIpc) is 2.68. The molecule has 2 rings (SSSR count). The van der Waals surface area contributed by atoms with Gasteiger partial charge >= 0.3 is 0 Å². The van der Waals surface area contributed by atoms with Crippen molar-refractivity contribution >= 4 is 17.5 Å². The molecule has 0 unspecified atom stereocenters. The first kappa shape index (κ1) is 14.6. The molecule has 20 heavy (non-hydrogen) atoms. The van der Waals surface area contributed by atoms with E-state index < -0.39 is 0 Å². The van der Waals surface area contributed by atoms with E-state index >= 15 is 0 Å². The minimum Gasteiger partial charge on any atom is -0.351 e. The Morgan fingerprint density at radius 2 is 1.95 bits per heavy atom. The highest BCUT2D eigenvalue weighted by Crippen LogP contribution is 2.22. The maximum Gasteiger partial charge on any atom is 0.229 e. The van der Waals surface area contributed by atoms with Gasteiger partial charge in [0.15, 0.2) is 0 Å². The molecule has 1 aromatic carbocycles. The smallest absolute Gasteiger partial charge is 0.229 e. The highest BCUT2D eigenvalue weighted by Gasteiger charge is 2.31. The first-order valence-electron chi connectivity index (χ1n) is 7.00. The third kappa shape index (κ3) is 3.83. The number of anilines is 1. The van der Waals surface area contributed by atoms with Crippen molar-refractivity contribution in [3.8, 4) is 0 Å². The van der Waals surface area contributed by atoms with Crippen LogP contribution in [-0.4, -0.2) is 24.4 Å². The monoisotopic (exact) mass is 274 g/mol. The number of hydrogen-bond donors (Lipinski definition) is 1. The summed E-state index contributed by atoms with van der Waals surface area (Å²) in [6, 6.07) is 9.49. The maximum atomic E-state index is 12.0. The molecule has 0 aromatic heterocycles. The summed E-state index contributed by atoms with van der Waals surface area (Å²) in [5, 5.41) is 2.96. The van der Waals surface area contributed by atoms with E-state index in [1.807, 2.05) is 51.1 Å². The molecule has 1 aliphatic rings. The Morgan fingerprint density at radius 3 is 2.55 bits per heavy atom. The molecule has 1 aromatic rings. The lowest BCUT2D eigenvalue weighted by Crippen LogP contribution is -2.38. The number of nitrogens with zero attached hydrogens (tertiary/aromatic N) is 1. The molecule has 4 heteroatoms. The lowest BCUT2D eigenvalue weighted by Gasteiger charge is -2.20. The Balaban J connectivity index is 1.94. The van der Waals surface area contributed by atoms with Crippen LogP contribution >= 0.6 is 0 Å². The number of nitrogens with one attached hydrogen (secondary N) is 1. The van der Waals surface area contributed by atoms with Gasteiger partial charge in [0, 0.05) is 25.1 Å². The number of para-hydroxylation sites is 1. The van der Waals surface area contributed by atoms with Gasteiger partial charge in [-0.2, -0.15) is 0 Å². The summed E-state index contributed by atoms with van der Waals surface area (Å²) in [4.78, 5) is 25.7. The molecule has 2 amide bonds. The molecule has 108 valence electrons. The number of rotatable bonds is 3. The van der Waals surface area contributed by atoms with Crippen molar-refractivity contribution in [1.82, 2.24) is 5.32 Å². The molecule has 1 aliphatic heterocycles. The van der Waals surface area contributed by atoms with Gasteiger partial charge in [-0.05, 0) is 17.5 Å². The van der Waals surface area contributed by atoms with Crippen LogP contribution in [-0.2, 0) is 9.59 Å². The van der Waals surface area contributed by atoms with E-state index in [1.165, 1.54) is 0 Å². The molecule has 0 spiro atoms. The second-order valence-corrected chi connectivity index (χ2v) is 6.55. The van der Waals surface area contributed by atoms with E-state index in [1.54, 1.807) is 4.90 Å². The van der Waals surface area contributed by atoms with Crippen LogP contribution in [0.5, 0.6) is 0 Å². The van der Waals surface area contributed by atoms with E-state index in [0.29, 0.717) is 19.4 Å². The molecule has 1 saturated heterocycles. The second kappa shape index (κ2) is 5.65. The van der Waals surface area contributed by atoms with Crippen molar-refractivity contribution in [2.75, 3.05) is 11.4 Å². The summed E-state index contributed by atoms with van der Waals surface area (Å²) in [7, 11) is 0. The maximum absolute atomic E-state index is 12.0. The van der Waals surface area contributed by atoms with Crippen molar-refractivity contribution < 1.29 is 9.59 Å². The molecule has 4 nitrogen and oxygen atoms in total. The molecular formula is C16H22N2O2. The third-order valence-electron chi connectivity index (χ3n) is 3.25. The van der Waals surface area contributed by atoms with Crippen LogP contribution in [0.2, 0.25) is 0 Å². The molecule has 0 aliphatic carbocycles. The van der Waals surface area contributed by atoms with Gasteiger partial charge in [0.25, 0.3) is 0 Å². The molecule has 1 heterocycles. The van der Waals surface area contributed by atoms with Crippen LogP contribution in [0, 0.1) is 5.41 Å². The van der Waals surface area contributed by atoms with Crippen LogP contribution in [0.25, 0.3) is 0 Å². The summed E-state index contributed by atoms with van der Waals surface area (Å²) >= 11 is 0. The van der Waals surface area contributed by atoms with Crippen molar-refractivity contribution in [2.45, 2.75) is 39.7 Å². The van der Waals surface area contributed by atoms with Gasteiger partial charge < -0.3 is 10.2 Å². The molecule has 0 radical (unpaired) electrons. The van der Waals surface area contributed by atoms with E-state index in [0.717, 1.165) is 5.69 Å². The fourth-order valence-electron chi connectivity index (χ4n) is 2.42. The number of amides is 2. The van der Waals surface area contributed by atoms with Gasteiger partial charge in [-0.25, -0.2) is 0 Å². The average molecular weight is 274 g/mol. The minimum absolute atomic E-state index is 0.0187. The van der Waals surface area contributed by atoms with E-state index in [2.05, 4.69) is 5.32 Å². The largest absolute Gasteiger partial charge is 0.351 e. The van der Waals surface area contributed by atoms with Gasteiger partial charge in [0.05, 0.1) is 6.04 Å². The van der Waals surface area contributed by atoms with Crippen LogP contribution in [0.4, 0.5) is 5.69 Å². The first-order valence-corrected chi connectivity index (χ1v) is 7.00. The van der Waals surface area contributed by atoms with Crippen LogP contribution in [0.1, 0.15) is 33.6 Å². The van der Waals surface area contributed by atoms with Crippen molar-refractivity contribution in [2.24, 2.45) is 5.41 Å². The Hall–Kier alpha value is -1.84. The van der Waals surface area contributed by atoms with Crippen molar-refractivity contribution in [3.05, 3.63) is 30.3 Å². The topological polar surface area (TPSA) is 49.4 Å². The predicted molar refractivity (Wildman–Crippen MR) is 79.4 cm³/mol. The van der Waals surface area contributed by atoms with Crippen molar-refractivity contribution in [3.63, 3.8) is 0 Å². The third-order valence-corrected chi connectivity index (χ3v) is 3.25. The number of benzene rings is 1. The lowest BCUT2D eigenvalue weighted by molar-refractivity contribution is -0.123. The SMILES string of the molecule is CC(C)(C)CC(=O)N[C@H]1CC(=O)N(c2ccccc2)C1. The highest BCUT2D eigenvalue weighted by molar-refractivity contribution is 5.96. The number of carbonyl (C=O) groups excluding carboxylic acids is 2. The summed E-state index contributed by atoms with van der Waals surface area (Å²) in [6.07, 6.45) is 0.855. The van der Waals surface area contributed by atoms with Crippen LogP contribution < -0.4 is 10.2 Å². The molecule has 1 atom stereocenters. The van der Waals surface area contributed by atoms with Gasteiger partial charge in [0.1, 0.15) is 0 Å². The Kier molecular flexibility index (Phi) is 4.12. The van der Waals surface area contributed by atoms with Gasteiger partial charge in [-0.15, -0.1) is 0 Å². The summed E-state index contributed by atoms with van der Waals surface area (Å²) in [5.74, 6) is 0.0856. The lowest BCUT2D eigenvalue weighted by atomic mass is 9.92. The number of carbonyl (C=O) groups is 2. The second-order valence-electron chi connectivity index (χ2n) is 6.55. The molecule has 0 saturated carbocycles. The summed E-state index contributed by atoms with van der Waals surface area (Å²) in [6.45, 7) is 6.65. The zero-order valence-electron chi connectivity index (χ0n) is 12.3. The zero-order chi connectivity index (χ0) is 14.8. The molecule has 0 bridgehead atoms. The molecule has 1 fully saturated rings. The van der Waals surface area contributed by atoms with Crippen molar-refractivity contribution in [1.29, 1.82) is 0 Å². The molecule has 1 N–H and O–H groups in total.